The van der Waals surface area contributed by atoms with Crippen LogP contribution in [0.2, 0.25) is 0 Å². The molecule has 0 amide bonds. The molecule has 1 atom stereocenters. The zero-order valence-electron chi connectivity index (χ0n) is 10.9. The minimum Gasteiger partial charge on any atom is -0.486 e. The molecule has 0 spiro atoms. The number of nitrogens with zero attached hydrogens (tertiary/aromatic N) is 1. The molecule has 0 bridgehead atoms. The van der Waals surface area contributed by atoms with Gasteiger partial charge in [0.15, 0.2) is 0 Å². The van der Waals surface area contributed by atoms with Crippen LogP contribution in [-0.4, -0.2) is 16.6 Å². The van der Waals surface area contributed by atoms with Crippen LogP contribution in [0.5, 0.6) is 5.75 Å². The lowest BCUT2D eigenvalue weighted by Gasteiger charge is -2.24. The van der Waals surface area contributed by atoms with Gasteiger partial charge < -0.3 is 10.1 Å². The van der Waals surface area contributed by atoms with E-state index in [9.17, 15) is 0 Å². The Morgan fingerprint density at radius 1 is 1.44 bits per heavy atom. The van der Waals surface area contributed by atoms with E-state index in [1.807, 2.05) is 33.0 Å². The molecule has 0 radical (unpaired) electrons. The molecule has 1 unspecified atom stereocenters. The second kappa shape index (κ2) is 5.19. The Bertz CT molecular complexity index is 331. The molecule has 1 N–H and O–H groups in total. The Morgan fingerprint density at radius 3 is 2.69 bits per heavy atom. The van der Waals surface area contributed by atoms with Gasteiger partial charge in [-0.15, -0.1) is 0 Å². The van der Waals surface area contributed by atoms with Gasteiger partial charge in [0.1, 0.15) is 11.4 Å². The fourth-order valence-electron chi connectivity index (χ4n) is 1.28. The van der Waals surface area contributed by atoms with Crippen LogP contribution >= 0.6 is 0 Å². The molecule has 0 aliphatic rings. The molecule has 0 aromatic carbocycles. The lowest BCUT2D eigenvalue weighted by molar-refractivity contribution is 0.131. The molecule has 3 heteroatoms. The van der Waals surface area contributed by atoms with Crippen molar-refractivity contribution in [3.05, 3.63) is 18.5 Å². The van der Waals surface area contributed by atoms with Crippen LogP contribution in [0.1, 0.15) is 41.0 Å². The van der Waals surface area contributed by atoms with Gasteiger partial charge in [-0.05, 0) is 34.1 Å². The van der Waals surface area contributed by atoms with Gasteiger partial charge in [-0.3, -0.25) is 4.98 Å². The van der Waals surface area contributed by atoms with E-state index < -0.39 is 0 Å². The molecule has 0 saturated carbocycles. The maximum atomic E-state index is 5.88. The number of pyridine rings is 1. The number of aromatic nitrogens is 1. The second-order valence-electron chi connectivity index (χ2n) is 5.04. The Kier molecular flexibility index (Phi) is 4.16. The highest BCUT2D eigenvalue weighted by molar-refractivity contribution is 5.54. The van der Waals surface area contributed by atoms with Crippen LogP contribution in [0.25, 0.3) is 0 Å². The normalized spacial score (nSPS) is 13.3. The van der Waals surface area contributed by atoms with Crippen molar-refractivity contribution in [3.8, 4) is 5.75 Å². The summed E-state index contributed by atoms with van der Waals surface area (Å²) in [6.07, 6.45) is 4.64. The predicted molar refractivity (Wildman–Crippen MR) is 68.0 cm³/mol. The van der Waals surface area contributed by atoms with E-state index in [4.69, 9.17) is 4.74 Å². The van der Waals surface area contributed by atoms with E-state index in [1.165, 1.54) is 0 Å². The third-order valence-corrected chi connectivity index (χ3v) is 2.21. The molecule has 16 heavy (non-hydrogen) atoms. The highest BCUT2D eigenvalue weighted by Crippen LogP contribution is 2.27. The molecular formula is C13H22N2O. The number of nitrogens with one attached hydrogen (secondary N) is 1. The van der Waals surface area contributed by atoms with Crippen molar-refractivity contribution in [2.75, 3.05) is 5.32 Å². The summed E-state index contributed by atoms with van der Waals surface area (Å²) in [7, 11) is 0. The average molecular weight is 222 g/mol. The Hall–Kier alpha value is -1.25. The quantitative estimate of drug-likeness (QED) is 0.847. The molecule has 1 aromatic rings. The topological polar surface area (TPSA) is 34.2 Å². The van der Waals surface area contributed by atoms with Gasteiger partial charge in [-0.25, -0.2) is 0 Å². The molecule has 1 heterocycles. The van der Waals surface area contributed by atoms with E-state index in [2.05, 4.69) is 24.1 Å². The summed E-state index contributed by atoms with van der Waals surface area (Å²) in [4.78, 5) is 4.12. The summed E-state index contributed by atoms with van der Waals surface area (Å²) in [6, 6.07) is 2.32. The lowest BCUT2D eigenvalue weighted by atomic mass is 10.2. The van der Waals surface area contributed by atoms with Crippen LogP contribution in [0.3, 0.4) is 0 Å². The van der Waals surface area contributed by atoms with Gasteiger partial charge in [0.25, 0.3) is 0 Å². The molecule has 90 valence electrons. The molecule has 1 aromatic heterocycles. The molecule has 1 rings (SSSR count). The monoisotopic (exact) mass is 222 g/mol. The van der Waals surface area contributed by atoms with Gasteiger partial charge in [0, 0.05) is 18.3 Å². The van der Waals surface area contributed by atoms with Crippen LogP contribution in [0.4, 0.5) is 5.69 Å². The van der Waals surface area contributed by atoms with E-state index in [-0.39, 0.29) is 5.60 Å². The summed E-state index contributed by atoms with van der Waals surface area (Å²) in [5.74, 6) is 0.864. The Balaban J connectivity index is 2.83. The fraction of sp³-hybridized carbons (Fsp3) is 0.615. The van der Waals surface area contributed by atoms with Gasteiger partial charge >= 0.3 is 0 Å². The third-order valence-electron chi connectivity index (χ3n) is 2.21. The maximum absolute atomic E-state index is 5.88. The summed E-state index contributed by atoms with van der Waals surface area (Å²) in [6.45, 7) is 10.4. The average Bonchev–Trinajstić information content (AvgIpc) is 2.18. The number of ether oxygens (including phenoxy) is 1. The van der Waals surface area contributed by atoms with E-state index in [0.717, 1.165) is 17.9 Å². The van der Waals surface area contributed by atoms with Crippen LogP contribution < -0.4 is 10.1 Å². The first-order chi connectivity index (χ1) is 7.42. The highest BCUT2D eigenvalue weighted by atomic mass is 16.5. The first-order valence-corrected chi connectivity index (χ1v) is 5.82. The number of hydrogen-bond acceptors (Lipinski definition) is 3. The Morgan fingerprint density at radius 2 is 2.12 bits per heavy atom. The zero-order chi connectivity index (χ0) is 12.2. The maximum Gasteiger partial charge on any atom is 0.146 e. The van der Waals surface area contributed by atoms with Crippen molar-refractivity contribution in [3.63, 3.8) is 0 Å². The third kappa shape index (κ3) is 4.09. The van der Waals surface area contributed by atoms with E-state index >= 15 is 0 Å². The largest absolute Gasteiger partial charge is 0.486 e. The Labute approximate surface area is 98.2 Å². The molecule has 0 aliphatic carbocycles. The number of rotatable bonds is 4. The minimum absolute atomic E-state index is 0.187. The van der Waals surface area contributed by atoms with Crippen molar-refractivity contribution in [1.82, 2.24) is 4.98 Å². The SMILES string of the molecule is CCC(C)Nc1cnccc1OC(C)(C)C. The van der Waals surface area contributed by atoms with Crippen LogP contribution in [0, 0.1) is 0 Å². The fourth-order valence-corrected chi connectivity index (χ4v) is 1.28. The molecule has 3 nitrogen and oxygen atoms in total. The van der Waals surface area contributed by atoms with Crippen molar-refractivity contribution >= 4 is 5.69 Å². The van der Waals surface area contributed by atoms with Crippen molar-refractivity contribution < 1.29 is 4.74 Å². The van der Waals surface area contributed by atoms with Gasteiger partial charge in [0.05, 0.1) is 11.9 Å². The van der Waals surface area contributed by atoms with Crippen LogP contribution in [0.15, 0.2) is 18.5 Å². The summed E-state index contributed by atoms with van der Waals surface area (Å²) >= 11 is 0. The smallest absolute Gasteiger partial charge is 0.146 e. The summed E-state index contributed by atoms with van der Waals surface area (Å²) < 4.78 is 5.88. The second-order valence-corrected chi connectivity index (χ2v) is 5.04. The predicted octanol–water partition coefficient (Wildman–Crippen LogP) is 3.47. The van der Waals surface area contributed by atoms with Crippen LogP contribution in [-0.2, 0) is 0 Å². The van der Waals surface area contributed by atoms with E-state index in [0.29, 0.717) is 6.04 Å². The first kappa shape index (κ1) is 12.8. The van der Waals surface area contributed by atoms with Gasteiger partial charge in [0.2, 0.25) is 0 Å². The summed E-state index contributed by atoms with van der Waals surface area (Å²) in [5.41, 5.74) is 0.777. The molecule has 0 saturated heterocycles. The molecular weight excluding hydrogens is 200 g/mol. The molecule has 0 aliphatic heterocycles. The summed E-state index contributed by atoms with van der Waals surface area (Å²) in [5, 5.41) is 3.40. The first-order valence-electron chi connectivity index (χ1n) is 5.82. The van der Waals surface area contributed by atoms with Crippen molar-refractivity contribution in [2.45, 2.75) is 52.7 Å². The lowest BCUT2D eigenvalue weighted by Crippen LogP contribution is -2.24. The van der Waals surface area contributed by atoms with E-state index in [1.54, 1.807) is 6.20 Å². The number of hydrogen-bond donors (Lipinski definition) is 1. The van der Waals surface area contributed by atoms with Crippen molar-refractivity contribution in [2.24, 2.45) is 0 Å². The highest BCUT2D eigenvalue weighted by Gasteiger charge is 2.15. The van der Waals surface area contributed by atoms with Crippen molar-refractivity contribution in [1.29, 1.82) is 0 Å². The zero-order valence-corrected chi connectivity index (χ0v) is 10.9. The molecule has 0 fully saturated rings. The van der Waals surface area contributed by atoms with Gasteiger partial charge in [-0.1, -0.05) is 6.92 Å². The number of anilines is 1. The standard InChI is InChI=1S/C13H22N2O/c1-6-10(2)15-11-9-14-8-7-12(11)16-13(3,4)5/h7-10,15H,6H2,1-5H3. The minimum atomic E-state index is -0.187. The van der Waals surface area contributed by atoms with Gasteiger partial charge in [-0.2, -0.15) is 0 Å².